The highest BCUT2D eigenvalue weighted by Crippen LogP contribution is 2.40. The minimum Gasteiger partial charge on any atom is -0.220 e. The fourth-order valence-electron chi connectivity index (χ4n) is 2.36. The number of aromatic nitrogens is 2. The van der Waals surface area contributed by atoms with Crippen LogP contribution >= 0.6 is 27.7 Å². The molecule has 0 spiro atoms. The Labute approximate surface area is 108 Å². The SMILES string of the molecule is C[n+]1c2n(c3ccccc31)[C@](C)(CBr)CS2. The number of hydrogen-bond acceptors (Lipinski definition) is 1. The van der Waals surface area contributed by atoms with E-state index in [0.29, 0.717) is 0 Å². The molecule has 2 heterocycles. The molecule has 0 unspecified atom stereocenters. The number of para-hydroxylation sites is 2. The molecule has 0 saturated carbocycles. The lowest BCUT2D eigenvalue weighted by atomic mass is 10.1. The molecule has 0 amide bonds. The Morgan fingerprint density at radius 2 is 2.25 bits per heavy atom. The normalized spacial score (nSPS) is 23.9. The Balaban J connectivity index is 2.40. The number of rotatable bonds is 1. The molecule has 2 nitrogen and oxygen atoms in total. The summed E-state index contributed by atoms with van der Waals surface area (Å²) < 4.78 is 4.77. The summed E-state index contributed by atoms with van der Waals surface area (Å²) >= 11 is 5.60. The van der Waals surface area contributed by atoms with Gasteiger partial charge in [0.1, 0.15) is 5.54 Å². The molecule has 1 aromatic carbocycles. The van der Waals surface area contributed by atoms with Gasteiger partial charge < -0.3 is 0 Å². The monoisotopic (exact) mass is 297 g/mol. The second kappa shape index (κ2) is 3.50. The first-order chi connectivity index (χ1) is 7.67. The van der Waals surface area contributed by atoms with Gasteiger partial charge in [0, 0.05) is 11.1 Å². The zero-order chi connectivity index (χ0) is 11.3. The molecule has 0 bridgehead atoms. The van der Waals surface area contributed by atoms with Crippen LogP contribution in [-0.4, -0.2) is 15.7 Å². The molecule has 0 N–H and O–H groups in total. The topological polar surface area (TPSA) is 8.81 Å². The summed E-state index contributed by atoms with van der Waals surface area (Å²) in [4.78, 5) is 0. The van der Waals surface area contributed by atoms with E-state index in [9.17, 15) is 0 Å². The first-order valence-electron chi connectivity index (χ1n) is 5.36. The Morgan fingerprint density at radius 1 is 1.50 bits per heavy atom. The standard InChI is InChI=1S/C12H14BrN2S/c1-12(7-13)8-16-11-14(2)9-5-3-4-6-10(9)15(11)12/h3-6H,7-8H2,1-2H3/q+1/t12-/m1/s1. The Hall–Kier alpha value is -0.480. The quantitative estimate of drug-likeness (QED) is 0.581. The van der Waals surface area contributed by atoms with Crippen molar-refractivity contribution in [2.75, 3.05) is 11.1 Å². The lowest BCUT2D eigenvalue weighted by Gasteiger charge is -2.17. The fraction of sp³-hybridized carbons (Fsp3) is 0.417. The lowest BCUT2D eigenvalue weighted by molar-refractivity contribution is -0.685. The number of hydrogen-bond donors (Lipinski definition) is 0. The van der Waals surface area contributed by atoms with Crippen molar-refractivity contribution >= 4 is 38.7 Å². The van der Waals surface area contributed by atoms with Gasteiger partial charge in [0.15, 0.2) is 11.0 Å². The third-order valence-electron chi connectivity index (χ3n) is 3.30. The second-order valence-electron chi connectivity index (χ2n) is 4.58. The Kier molecular flexibility index (Phi) is 2.33. The molecule has 0 aliphatic carbocycles. The summed E-state index contributed by atoms with van der Waals surface area (Å²) in [6, 6.07) is 8.63. The van der Waals surface area contributed by atoms with E-state index in [1.807, 2.05) is 11.8 Å². The van der Waals surface area contributed by atoms with Crippen LogP contribution in [-0.2, 0) is 12.6 Å². The molecular formula is C12H14BrN2S+. The summed E-state index contributed by atoms with van der Waals surface area (Å²) in [6.07, 6.45) is 0. The molecule has 2 aromatic rings. The molecule has 84 valence electrons. The lowest BCUT2D eigenvalue weighted by Crippen LogP contribution is -2.32. The summed E-state index contributed by atoms with van der Waals surface area (Å²) in [6.45, 7) is 2.32. The highest BCUT2D eigenvalue weighted by molar-refractivity contribution is 9.09. The van der Waals surface area contributed by atoms with E-state index in [0.717, 1.165) is 11.1 Å². The minimum absolute atomic E-state index is 0.195. The van der Waals surface area contributed by atoms with Crippen LogP contribution < -0.4 is 4.57 Å². The molecule has 1 aliphatic rings. The van der Waals surface area contributed by atoms with E-state index in [1.54, 1.807) is 0 Å². The molecule has 3 rings (SSSR count). The maximum absolute atomic E-state index is 3.65. The number of thioether (sulfide) groups is 1. The third kappa shape index (κ3) is 1.23. The van der Waals surface area contributed by atoms with Crippen molar-refractivity contribution in [1.82, 2.24) is 4.57 Å². The number of fused-ring (bicyclic) bond motifs is 3. The molecule has 1 atom stereocenters. The van der Waals surface area contributed by atoms with Gasteiger partial charge in [-0.1, -0.05) is 28.1 Å². The van der Waals surface area contributed by atoms with Gasteiger partial charge in [-0.3, -0.25) is 0 Å². The van der Waals surface area contributed by atoms with Crippen LogP contribution in [0.4, 0.5) is 0 Å². The maximum Gasteiger partial charge on any atom is 0.319 e. The zero-order valence-electron chi connectivity index (χ0n) is 9.40. The minimum atomic E-state index is 0.195. The van der Waals surface area contributed by atoms with E-state index in [1.165, 1.54) is 16.2 Å². The first kappa shape index (κ1) is 10.7. The maximum atomic E-state index is 3.65. The van der Waals surface area contributed by atoms with Crippen LogP contribution in [0.5, 0.6) is 0 Å². The molecule has 1 aliphatic heterocycles. The van der Waals surface area contributed by atoms with Crippen molar-refractivity contribution < 1.29 is 4.57 Å². The van der Waals surface area contributed by atoms with Crippen LogP contribution in [0, 0.1) is 0 Å². The number of alkyl halides is 1. The molecule has 0 fully saturated rings. The summed E-state index contributed by atoms with van der Waals surface area (Å²) in [7, 11) is 2.15. The number of imidazole rings is 1. The predicted octanol–water partition coefficient (Wildman–Crippen LogP) is 2.68. The van der Waals surface area contributed by atoms with Crippen LogP contribution in [0.1, 0.15) is 6.92 Å². The molecular weight excluding hydrogens is 284 g/mol. The van der Waals surface area contributed by atoms with E-state index in [2.05, 4.69) is 63.3 Å². The van der Waals surface area contributed by atoms with Gasteiger partial charge in [-0.15, -0.1) is 0 Å². The summed E-state index contributed by atoms with van der Waals surface area (Å²) in [5.41, 5.74) is 2.85. The predicted molar refractivity (Wildman–Crippen MR) is 71.3 cm³/mol. The Bertz CT molecular complexity index is 563. The molecule has 1 aromatic heterocycles. The van der Waals surface area contributed by atoms with Crippen molar-refractivity contribution in [2.24, 2.45) is 7.05 Å². The van der Waals surface area contributed by atoms with Gasteiger partial charge in [0.2, 0.25) is 0 Å². The molecule has 16 heavy (non-hydrogen) atoms. The van der Waals surface area contributed by atoms with E-state index >= 15 is 0 Å². The number of nitrogens with zero attached hydrogens (tertiary/aromatic N) is 2. The van der Waals surface area contributed by atoms with Crippen molar-refractivity contribution in [1.29, 1.82) is 0 Å². The molecule has 4 heteroatoms. The molecule has 0 saturated heterocycles. The number of benzene rings is 1. The van der Waals surface area contributed by atoms with Crippen molar-refractivity contribution in [3.63, 3.8) is 0 Å². The molecule has 0 radical (unpaired) electrons. The van der Waals surface area contributed by atoms with Gasteiger partial charge in [-0.2, -0.15) is 0 Å². The second-order valence-corrected chi connectivity index (χ2v) is 6.09. The summed E-state index contributed by atoms with van der Waals surface area (Å²) in [5.74, 6) is 1.15. The van der Waals surface area contributed by atoms with E-state index in [4.69, 9.17) is 0 Å². The van der Waals surface area contributed by atoms with Crippen LogP contribution in [0.25, 0.3) is 11.0 Å². The zero-order valence-corrected chi connectivity index (χ0v) is 11.8. The Morgan fingerprint density at radius 3 is 3.00 bits per heavy atom. The van der Waals surface area contributed by atoms with Gasteiger partial charge in [-0.05, 0) is 30.8 Å². The van der Waals surface area contributed by atoms with Crippen LogP contribution in [0.15, 0.2) is 29.4 Å². The largest absolute Gasteiger partial charge is 0.319 e. The highest BCUT2D eigenvalue weighted by Gasteiger charge is 2.44. The van der Waals surface area contributed by atoms with Gasteiger partial charge in [0.25, 0.3) is 0 Å². The van der Waals surface area contributed by atoms with Crippen LogP contribution in [0.2, 0.25) is 0 Å². The number of aryl methyl sites for hydroxylation is 1. The van der Waals surface area contributed by atoms with Crippen LogP contribution in [0.3, 0.4) is 0 Å². The smallest absolute Gasteiger partial charge is 0.220 e. The van der Waals surface area contributed by atoms with Gasteiger partial charge >= 0.3 is 5.16 Å². The third-order valence-corrected chi connectivity index (χ3v) is 5.99. The number of halogens is 1. The fourth-order valence-corrected chi connectivity index (χ4v) is 4.48. The highest BCUT2D eigenvalue weighted by atomic mass is 79.9. The van der Waals surface area contributed by atoms with E-state index < -0.39 is 0 Å². The average molecular weight is 298 g/mol. The van der Waals surface area contributed by atoms with Gasteiger partial charge in [-0.25, -0.2) is 9.13 Å². The van der Waals surface area contributed by atoms with Gasteiger partial charge in [0.05, 0.1) is 7.05 Å². The average Bonchev–Trinajstić information content (AvgIpc) is 2.80. The van der Waals surface area contributed by atoms with Crippen molar-refractivity contribution in [2.45, 2.75) is 17.6 Å². The van der Waals surface area contributed by atoms with Crippen molar-refractivity contribution in [3.05, 3.63) is 24.3 Å². The van der Waals surface area contributed by atoms with E-state index in [-0.39, 0.29) is 5.54 Å². The van der Waals surface area contributed by atoms with Crippen molar-refractivity contribution in [3.8, 4) is 0 Å². The summed E-state index contributed by atoms with van der Waals surface area (Å²) in [5, 5.41) is 2.36. The first-order valence-corrected chi connectivity index (χ1v) is 7.47.